The van der Waals surface area contributed by atoms with Crippen LogP contribution in [0.3, 0.4) is 0 Å². The maximum absolute atomic E-state index is 11.8. The predicted octanol–water partition coefficient (Wildman–Crippen LogP) is -0.0102. The summed E-state index contributed by atoms with van der Waals surface area (Å²) in [5.41, 5.74) is 5.98. The first kappa shape index (κ1) is 11.8. The van der Waals surface area contributed by atoms with Gasteiger partial charge in [-0.25, -0.2) is 0 Å². The Morgan fingerprint density at radius 3 is 2.69 bits per heavy atom. The third-order valence-electron chi connectivity index (χ3n) is 3.20. The number of carbonyl (C=O) groups is 1. The summed E-state index contributed by atoms with van der Waals surface area (Å²) in [7, 11) is 0. The first-order valence-corrected chi connectivity index (χ1v) is 5.83. The van der Waals surface area contributed by atoms with Gasteiger partial charge >= 0.3 is 0 Å². The molecular weight excluding hydrogens is 208 g/mol. The lowest BCUT2D eigenvalue weighted by Crippen LogP contribution is -2.37. The minimum absolute atomic E-state index is 0.0201. The molecule has 1 amide bonds. The van der Waals surface area contributed by atoms with Crippen LogP contribution in [0.5, 0.6) is 0 Å². The lowest BCUT2D eigenvalue weighted by atomic mass is 10.0. The summed E-state index contributed by atoms with van der Waals surface area (Å²) in [4.78, 5) is 11.8. The Morgan fingerprint density at radius 2 is 2.06 bits per heavy atom. The molecule has 1 aliphatic carbocycles. The van der Waals surface area contributed by atoms with Crippen molar-refractivity contribution in [3.8, 4) is 0 Å². The molecule has 1 aliphatic heterocycles. The van der Waals surface area contributed by atoms with Crippen molar-refractivity contribution in [2.45, 2.75) is 51.2 Å². The third kappa shape index (κ3) is 1.95. The highest BCUT2D eigenvalue weighted by Crippen LogP contribution is 2.40. The van der Waals surface area contributed by atoms with Crippen LogP contribution < -0.4 is 11.1 Å². The molecule has 3 N–H and O–H groups in total. The van der Waals surface area contributed by atoms with Gasteiger partial charge in [-0.05, 0) is 27.2 Å². The van der Waals surface area contributed by atoms with Gasteiger partial charge in [0.05, 0.1) is 5.92 Å². The molecule has 2 aliphatic rings. The van der Waals surface area contributed by atoms with Crippen LogP contribution in [-0.4, -0.2) is 36.5 Å². The van der Waals surface area contributed by atoms with Crippen molar-refractivity contribution in [3.63, 3.8) is 0 Å². The van der Waals surface area contributed by atoms with E-state index in [2.05, 4.69) is 5.32 Å². The van der Waals surface area contributed by atoms with Gasteiger partial charge in [0.2, 0.25) is 5.91 Å². The summed E-state index contributed by atoms with van der Waals surface area (Å²) in [6.07, 6.45) is 0.288. The van der Waals surface area contributed by atoms with Gasteiger partial charge in [0.25, 0.3) is 0 Å². The Balaban J connectivity index is 2.10. The molecule has 0 aromatic carbocycles. The van der Waals surface area contributed by atoms with E-state index >= 15 is 0 Å². The third-order valence-corrected chi connectivity index (χ3v) is 3.20. The van der Waals surface area contributed by atoms with Crippen LogP contribution in [0.25, 0.3) is 0 Å². The van der Waals surface area contributed by atoms with Crippen LogP contribution in [0.15, 0.2) is 0 Å². The van der Waals surface area contributed by atoms with Crippen molar-refractivity contribution in [1.82, 2.24) is 5.32 Å². The van der Waals surface area contributed by atoms with E-state index in [4.69, 9.17) is 15.2 Å². The molecule has 1 heterocycles. The molecule has 0 spiro atoms. The van der Waals surface area contributed by atoms with Crippen LogP contribution in [0, 0.1) is 5.92 Å². The van der Waals surface area contributed by atoms with Gasteiger partial charge in [0, 0.05) is 12.6 Å². The van der Waals surface area contributed by atoms with Crippen LogP contribution in [0.1, 0.15) is 27.2 Å². The number of hydrogen-bond donors (Lipinski definition) is 2. The summed E-state index contributed by atoms with van der Waals surface area (Å²) >= 11 is 0. The first-order chi connectivity index (χ1) is 7.44. The molecule has 16 heavy (non-hydrogen) atoms. The number of nitrogens with one attached hydrogen (secondary N) is 1. The van der Waals surface area contributed by atoms with E-state index in [1.807, 2.05) is 20.8 Å². The van der Waals surface area contributed by atoms with Gasteiger partial charge in [0.1, 0.15) is 12.2 Å². The molecule has 5 heteroatoms. The molecule has 2 rings (SSSR count). The number of nitrogens with two attached hydrogens (primary N) is 1. The van der Waals surface area contributed by atoms with Gasteiger partial charge in [-0.3, -0.25) is 4.79 Å². The van der Waals surface area contributed by atoms with Gasteiger partial charge in [0.15, 0.2) is 5.79 Å². The highest BCUT2D eigenvalue weighted by atomic mass is 16.8. The fraction of sp³-hybridized carbons (Fsp3) is 0.909. The minimum Gasteiger partial charge on any atom is -0.356 e. The van der Waals surface area contributed by atoms with Gasteiger partial charge in [-0.1, -0.05) is 0 Å². The molecular formula is C11H20N2O3. The largest absolute Gasteiger partial charge is 0.356 e. The number of hydrogen-bond acceptors (Lipinski definition) is 4. The zero-order chi connectivity index (χ0) is 11.9. The maximum atomic E-state index is 11.8. The average molecular weight is 228 g/mol. The normalized spacial score (nSPS) is 40.8. The fourth-order valence-corrected chi connectivity index (χ4v) is 2.58. The zero-order valence-electron chi connectivity index (χ0n) is 10.0. The van der Waals surface area contributed by atoms with Crippen LogP contribution in [0.2, 0.25) is 0 Å². The quantitative estimate of drug-likeness (QED) is 0.697. The van der Waals surface area contributed by atoms with E-state index < -0.39 is 5.79 Å². The number of carbonyl (C=O) groups excluding carboxylic acids is 1. The monoisotopic (exact) mass is 228 g/mol. The Bertz CT molecular complexity index is 293. The summed E-state index contributed by atoms with van der Waals surface area (Å²) in [5, 5.41) is 2.82. The summed E-state index contributed by atoms with van der Waals surface area (Å²) in [5.74, 6) is -0.786. The average Bonchev–Trinajstić information content (AvgIpc) is 2.62. The van der Waals surface area contributed by atoms with Crippen molar-refractivity contribution >= 4 is 5.91 Å². The number of amides is 1. The topological polar surface area (TPSA) is 73.6 Å². The SMILES string of the molecule is CCNC(=O)C1CC(N)C2OC(C)(C)OC12. The minimum atomic E-state index is -0.627. The van der Waals surface area contributed by atoms with Crippen molar-refractivity contribution in [3.05, 3.63) is 0 Å². The van der Waals surface area contributed by atoms with E-state index in [0.29, 0.717) is 13.0 Å². The standard InChI is InChI=1S/C11H20N2O3/c1-4-13-10(14)6-5-7(12)9-8(6)15-11(2,3)16-9/h6-9H,4-5,12H2,1-3H3,(H,13,14). The van der Waals surface area contributed by atoms with E-state index in [-0.39, 0.29) is 30.1 Å². The van der Waals surface area contributed by atoms with E-state index in [9.17, 15) is 4.79 Å². The molecule has 2 fully saturated rings. The van der Waals surface area contributed by atoms with Gasteiger partial charge in [-0.2, -0.15) is 0 Å². The number of fused-ring (bicyclic) bond motifs is 1. The smallest absolute Gasteiger partial charge is 0.225 e. The zero-order valence-corrected chi connectivity index (χ0v) is 10.0. The van der Waals surface area contributed by atoms with Gasteiger partial charge < -0.3 is 20.5 Å². The highest BCUT2D eigenvalue weighted by Gasteiger charge is 2.54. The summed E-state index contributed by atoms with van der Waals surface area (Å²) in [6, 6.07) is -0.112. The number of ether oxygens (including phenoxy) is 2. The predicted molar refractivity (Wildman–Crippen MR) is 58.6 cm³/mol. The van der Waals surface area contributed by atoms with Crippen molar-refractivity contribution in [2.75, 3.05) is 6.54 Å². The summed E-state index contributed by atoms with van der Waals surface area (Å²) in [6.45, 7) is 6.24. The van der Waals surface area contributed by atoms with Crippen LogP contribution >= 0.6 is 0 Å². The van der Waals surface area contributed by atoms with Gasteiger partial charge in [-0.15, -0.1) is 0 Å². The summed E-state index contributed by atoms with van der Waals surface area (Å²) < 4.78 is 11.5. The van der Waals surface area contributed by atoms with E-state index in [0.717, 1.165) is 0 Å². The molecule has 4 atom stereocenters. The Morgan fingerprint density at radius 1 is 1.44 bits per heavy atom. The molecule has 92 valence electrons. The van der Waals surface area contributed by atoms with Crippen LogP contribution in [0.4, 0.5) is 0 Å². The molecule has 1 saturated heterocycles. The fourth-order valence-electron chi connectivity index (χ4n) is 2.58. The lowest BCUT2D eigenvalue weighted by molar-refractivity contribution is -0.160. The highest BCUT2D eigenvalue weighted by molar-refractivity contribution is 5.80. The first-order valence-electron chi connectivity index (χ1n) is 5.83. The molecule has 1 saturated carbocycles. The van der Waals surface area contributed by atoms with Crippen LogP contribution in [-0.2, 0) is 14.3 Å². The molecule has 4 unspecified atom stereocenters. The van der Waals surface area contributed by atoms with Crippen molar-refractivity contribution in [1.29, 1.82) is 0 Å². The molecule has 5 nitrogen and oxygen atoms in total. The van der Waals surface area contributed by atoms with E-state index in [1.165, 1.54) is 0 Å². The lowest BCUT2D eigenvalue weighted by Gasteiger charge is -2.22. The second-order valence-corrected chi connectivity index (χ2v) is 4.97. The molecule has 0 aromatic heterocycles. The molecule has 0 aromatic rings. The van der Waals surface area contributed by atoms with E-state index in [1.54, 1.807) is 0 Å². The second-order valence-electron chi connectivity index (χ2n) is 4.97. The van der Waals surface area contributed by atoms with Crippen molar-refractivity contribution < 1.29 is 14.3 Å². The van der Waals surface area contributed by atoms with Crippen molar-refractivity contribution in [2.24, 2.45) is 11.7 Å². The second kappa shape index (κ2) is 3.98. The Hall–Kier alpha value is -0.650. The molecule has 0 radical (unpaired) electrons. The Kier molecular flexibility index (Phi) is 2.94. The molecule has 0 bridgehead atoms. The maximum Gasteiger partial charge on any atom is 0.225 e. The Labute approximate surface area is 95.7 Å². The number of rotatable bonds is 2.